The van der Waals surface area contributed by atoms with Gasteiger partial charge in [-0.25, -0.2) is 15.0 Å². The van der Waals surface area contributed by atoms with Gasteiger partial charge in [-0.15, -0.1) is 0 Å². The normalized spacial score (nSPS) is 12.9. The maximum Gasteiger partial charge on any atom is 0.275 e. The number of aryl methyl sites for hydroxylation is 1. The number of methoxy groups -OCH3 is 1. The molecule has 0 aliphatic rings. The van der Waals surface area contributed by atoms with Crippen molar-refractivity contribution in [3.05, 3.63) is 140 Å². The summed E-state index contributed by atoms with van der Waals surface area (Å²) in [7, 11) is 9.54. The summed E-state index contributed by atoms with van der Waals surface area (Å²) in [5.74, 6) is -0.298. The highest BCUT2D eigenvalue weighted by Crippen LogP contribution is 2.38. The van der Waals surface area contributed by atoms with Crippen LogP contribution in [0.3, 0.4) is 0 Å². The molecule has 326 valence electrons. The van der Waals surface area contributed by atoms with Crippen molar-refractivity contribution in [2.75, 3.05) is 56.9 Å². The molecule has 15 heteroatoms. The van der Waals surface area contributed by atoms with Crippen molar-refractivity contribution < 1.29 is 9.53 Å². The van der Waals surface area contributed by atoms with Gasteiger partial charge in [-0.1, -0.05) is 76.2 Å². The minimum Gasteiger partial charge on any atom is -0.494 e. The summed E-state index contributed by atoms with van der Waals surface area (Å²) >= 11 is 0. The lowest BCUT2D eigenvalue weighted by Crippen LogP contribution is -2.54. The Labute approximate surface area is 365 Å². The number of imidazole rings is 1. The van der Waals surface area contributed by atoms with Crippen LogP contribution in [0.5, 0.6) is 5.75 Å². The molecule has 4 heterocycles. The van der Waals surface area contributed by atoms with Crippen molar-refractivity contribution in [3.63, 3.8) is 0 Å². The summed E-state index contributed by atoms with van der Waals surface area (Å²) in [4.78, 5) is 66.6. The average molecular weight is 850 g/mol. The molecular formula is C48H55N11O4. The molecular weight excluding hydrogens is 795 g/mol. The average Bonchev–Trinajstić information content (AvgIpc) is 3.88. The van der Waals surface area contributed by atoms with Crippen LogP contribution in [0.4, 0.5) is 23.0 Å². The second-order valence-electron chi connectivity index (χ2n) is 17.0. The smallest absolute Gasteiger partial charge is 0.275 e. The summed E-state index contributed by atoms with van der Waals surface area (Å²) in [6, 6.07) is 23.0. The molecule has 0 aliphatic carbocycles. The van der Waals surface area contributed by atoms with Gasteiger partial charge in [0.05, 0.1) is 47.8 Å². The van der Waals surface area contributed by atoms with Crippen molar-refractivity contribution in [1.82, 2.24) is 39.0 Å². The third-order valence-corrected chi connectivity index (χ3v) is 10.9. The lowest BCUT2D eigenvalue weighted by molar-refractivity contribution is -0.119. The predicted octanol–water partition coefficient (Wildman–Crippen LogP) is 5.19. The Morgan fingerprint density at radius 2 is 1.70 bits per heavy atom. The van der Waals surface area contributed by atoms with Crippen LogP contribution in [0.15, 0.2) is 101 Å². The molecule has 1 atom stereocenters. The molecule has 0 bridgehead atoms. The van der Waals surface area contributed by atoms with E-state index in [-0.39, 0.29) is 28.6 Å². The van der Waals surface area contributed by atoms with Crippen LogP contribution in [0.2, 0.25) is 0 Å². The number of ether oxygens (including phenoxy) is 1. The third kappa shape index (κ3) is 9.79. The number of carbonyl (C=O) groups excluding carboxylic acids is 1. The van der Waals surface area contributed by atoms with Gasteiger partial charge < -0.3 is 44.3 Å². The third-order valence-electron chi connectivity index (χ3n) is 10.9. The highest BCUT2D eigenvalue weighted by molar-refractivity contribution is 5.98. The summed E-state index contributed by atoms with van der Waals surface area (Å²) in [6.07, 6.45) is 8.55. The molecule has 0 spiro atoms. The van der Waals surface area contributed by atoms with Gasteiger partial charge in [0.25, 0.3) is 11.1 Å². The number of nitrogens with zero attached hydrogens (tertiary/aromatic N) is 7. The largest absolute Gasteiger partial charge is 0.494 e. The van der Waals surface area contributed by atoms with E-state index in [1.807, 2.05) is 115 Å². The topological polar surface area (TPSA) is 171 Å². The number of H-pyrrole nitrogens is 2. The van der Waals surface area contributed by atoms with Crippen molar-refractivity contribution in [3.8, 4) is 17.0 Å². The van der Waals surface area contributed by atoms with E-state index in [0.29, 0.717) is 41.0 Å². The number of hydrogen-bond acceptors (Lipinski definition) is 10. The molecule has 3 aromatic carbocycles. The standard InChI is InChI=1S/C48H55N11O4/c1-30(27-59-41(23-31-15-11-10-12-16-31)45(61)53-38(46(59)62)25-37-43(48(2,3)4)51-29-50-37)44(60)52-35-24-36(42(63-9)26-40(35)57(7)22-21-56(5)6)55-47-49-20-19-34(54-47)33-28-58(8)39-18-14-13-17-32(33)39/h10-20,23-26,28-30H,21-22,27H2,1-9H3,(H,50,51)(H,52,60)(H,53,61)(H,49,54,55)/b38-25-,41-23-. The zero-order valence-electron chi connectivity index (χ0n) is 37.3. The first-order valence-electron chi connectivity index (χ1n) is 20.8. The highest BCUT2D eigenvalue weighted by Gasteiger charge is 2.23. The number of carbonyl (C=O) groups is 1. The monoisotopic (exact) mass is 849 g/mol. The van der Waals surface area contributed by atoms with Gasteiger partial charge in [0.15, 0.2) is 0 Å². The Kier molecular flexibility index (Phi) is 12.8. The molecule has 1 amide bonds. The van der Waals surface area contributed by atoms with Crippen LogP contribution < -0.4 is 42.1 Å². The number of rotatable bonds is 14. The Morgan fingerprint density at radius 3 is 2.43 bits per heavy atom. The fourth-order valence-corrected chi connectivity index (χ4v) is 7.47. The number of hydrogen-bond donors (Lipinski definition) is 4. The first-order chi connectivity index (χ1) is 30.1. The zero-order valence-corrected chi connectivity index (χ0v) is 37.3. The summed E-state index contributed by atoms with van der Waals surface area (Å²) in [5, 5.41) is 7.73. The lowest BCUT2D eigenvalue weighted by Gasteiger charge is -2.26. The Bertz CT molecular complexity index is 3010. The number of likely N-dealkylation sites (N-methyl/N-ethyl adjacent to an activating group) is 2. The number of para-hydroxylation sites is 1. The van der Waals surface area contributed by atoms with Gasteiger partial charge in [-0.2, -0.15) is 0 Å². The van der Waals surface area contributed by atoms with Gasteiger partial charge in [-0.3, -0.25) is 14.4 Å². The van der Waals surface area contributed by atoms with E-state index in [2.05, 4.69) is 52.2 Å². The number of nitrogens with one attached hydrogen (secondary N) is 4. The van der Waals surface area contributed by atoms with Crippen LogP contribution in [-0.4, -0.2) is 86.2 Å². The fourth-order valence-electron chi connectivity index (χ4n) is 7.47. The van der Waals surface area contributed by atoms with Crippen LogP contribution in [0.1, 0.15) is 44.6 Å². The predicted molar refractivity (Wildman–Crippen MR) is 251 cm³/mol. The van der Waals surface area contributed by atoms with E-state index in [4.69, 9.17) is 9.72 Å². The SMILES string of the molecule is COc1cc(N(C)CCN(C)C)c(NC(=O)C(C)Cn2c(=O)/c(=C/c3nc[nH]c3C(C)(C)C)[nH]c(=O)/c2=C/c2ccccc2)cc1Nc1nccc(-c2cn(C)c3ccccc23)n1. The fraction of sp³-hybridized carbons (Fsp3) is 0.292. The van der Waals surface area contributed by atoms with Gasteiger partial charge >= 0.3 is 0 Å². The van der Waals surface area contributed by atoms with Gasteiger partial charge in [0.1, 0.15) is 16.4 Å². The quantitative estimate of drug-likeness (QED) is 0.114. The van der Waals surface area contributed by atoms with E-state index >= 15 is 0 Å². The molecule has 4 aromatic heterocycles. The second kappa shape index (κ2) is 18.4. The van der Waals surface area contributed by atoms with Crippen LogP contribution in [-0.2, 0) is 23.8 Å². The van der Waals surface area contributed by atoms with Crippen LogP contribution >= 0.6 is 0 Å². The van der Waals surface area contributed by atoms with E-state index < -0.39 is 17.0 Å². The molecule has 63 heavy (non-hydrogen) atoms. The lowest BCUT2D eigenvalue weighted by atomic mass is 9.90. The number of amides is 1. The molecule has 0 saturated heterocycles. The molecule has 7 aromatic rings. The maximum atomic E-state index is 14.4. The number of fused-ring (bicyclic) bond motifs is 1. The van der Waals surface area contributed by atoms with Crippen molar-refractivity contribution in [1.29, 1.82) is 0 Å². The van der Waals surface area contributed by atoms with Gasteiger partial charge in [-0.05, 0) is 50.0 Å². The Morgan fingerprint density at radius 1 is 0.952 bits per heavy atom. The molecule has 15 nitrogen and oxygen atoms in total. The number of benzene rings is 3. The van der Waals surface area contributed by atoms with E-state index in [0.717, 1.165) is 40.0 Å². The van der Waals surface area contributed by atoms with E-state index in [9.17, 15) is 14.4 Å². The van der Waals surface area contributed by atoms with Crippen molar-refractivity contribution in [2.45, 2.75) is 39.7 Å². The second-order valence-corrected chi connectivity index (χ2v) is 17.0. The molecule has 7 rings (SSSR count). The molecule has 1 unspecified atom stereocenters. The maximum absolute atomic E-state index is 14.4. The Balaban J connectivity index is 1.26. The first kappa shape index (κ1) is 43.8. The van der Waals surface area contributed by atoms with Gasteiger partial charge in [0, 0.05) is 79.8 Å². The molecule has 0 fully saturated rings. The van der Waals surface area contributed by atoms with Crippen molar-refractivity contribution >= 4 is 52.0 Å². The Hall–Kier alpha value is -7.26. The summed E-state index contributed by atoms with van der Waals surface area (Å²) in [5.41, 5.74) is 5.35. The number of aromatic amines is 2. The van der Waals surface area contributed by atoms with Gasteiger partial charge in [0.2, 0.25) is 11.9 Å². The van der Waals surface area contributed by atoms with Crippen LogP contribution in [0, 0.1) is 5.92 Å². The summed E-state index contributed by atoms with van der Waals surface area (Å²) < 4.78 is 9.34. The molecule has 4 N–H and O–H groups in total. The van der Waals surface area contributed by atoms with E-state index in [1.165, 1.54) is 4.57 Å². The van der Waals surface area contributed by atoms with E-state index in [1.54, 1.807) is 44.8 Å². The molecule has 0 aliphatic heterocycles. The minimum absolute atomic E-state index is 0.0535. The summed E-state index contributed by atoms with van der Waals surface area (Å²) in [6.45, 7) is 9.12. The van der Waals surface area contributed by atoms with Crippen molar-refractivity contribution in [2.24, 2.45) is 13.0 Å². The minimum atomic E-state index is -0.782. The number of anilines is 4. The molecule has 0 radical (unpaired) electrons. The first-order valence-corrected chi connectivity index (χ1v) is 20.8. The molecule has 0 saturated carbocycles. The zero-order chi connectivity index (χ0) is 45.0. The van der Waals surface area contributed by atoms with Crippen LogP contribution in [0.25, 0.3) is 34.3 Å². The number of aromatic nitrogens is 7. The highest BCUT2D eigenvalue weighted by atomic mass is 16.5.